The normalized spacial score (nSPS) is 11.2. The molecule has 0 atom stereocenters. The van der Waals surface area contributed by atoms with Gasteiger partial charge in [-0.15, -0.1) is 10.2 Å². The molecular formula is C11H9ClN4O. The van der Waals surface area contributed by atoms with E-state index in [2.05, 4.69) is 15.2 Å². The Balaban J connectivity index is 2.17. The van der Waals surface area contributed by atoms with E-state index in [4.69, 9.17) is 16.0 Å². The van der Waals surface area contributed by atoms with E-state index in [1.807, 2.05) is 19.1 Å². The molecule has 0 aliphatic rings. The zero-order chi connectivity index (χ0) is 11.8. The summed E-state index contributed by atoms with van der Waals surface area (Å²) in [6.45, 7) is 2.03. The van der Waals surface area contributed by atoms with E-state index in [0.29, 0.717) is 22.4 Å². The Morgan fingerprint density at radius 1 is 1.35 bits per heavy atom. The summed E-state index contributed by atoms with van der Waals surface area (Å²) < 4.78 is 7.37. The van der Waals surface area contributed by atoms with Crippen molar-refractivity contribution in [2.75, 3.05) is 0 Å². The van der Waals surface area contributed by atoms with Crippen molar-refractivity contribution in [3.05, 3.63) is 35.4 Å². The molecule has 86 valence electrons. The highest BCUT2D eigenvalue weighted by molar-refractivity contribution is 6.29. The highest BCUT2D eigenvalue weighted by atomic mass is 35.5. The van der Waals surface area contributed by atoms with Crippen LogP contribution in [0, 0.1) is 0 Å². The zero-order valence-electron chi connectivity index (χ0n) is 9.09. The SMILES string of the molecule is CCc1ccc(-c2nnc3cc(Cl)ncn23)o1. The lowest BCUT2D eigenvalue weighted by atomic mass is 10.3. The van der Waals surface area contributed by atoms with Gasteiger partial charge in [-0.05, 0) is 12.1 Å². The van der Waals surface area contributed by atoms with Gasteiger partial charge in [0.05, 0.1) is 0 Å². The van der Waals surface area contributed by atoms with Crippen molar-refractivity contribution in [1.82, 2.24) is 19.6 Å². The van der Waals surface area contributed by atoms with E-state index in [9.17, 15) is 0 Å². The highest BCUT2D eigenvalue weighted by Crippen LogP contribution is 2.21. The van der Waals surface area contributed by atoms with Crippen LogP contribution < -0.4 is 0 Å². The number of halogens is 1. The van der Waals surface area contributed by atoms with E-state index in [1.54, 1.807) is 16.8 Å². The first-order valence-electron chi connectivity index (χ1n) is 5.23. The molecule has 0 unspecified atom stereocenters. The Morgan fingerprint density at radius 2 is 2.24 bits per heavy atom. The molecule has 3 aromatic heterocycles. The van der Waals surface area contributed by atoms with Crippen LogP contribution >= 0.6 is 11.6 Å². The first-order valence-corrected chi connectivity index (χ1v) is 5.61. The van der Waals surface area contributed by atoms with Crippen LogP contribution in [0.5, 0.6) is 0 Å². The topological polar surface area (TPSA) is 56.2 Å². The molecule has 3 aromatic rings. The van der Waals surface area contributed by atoms with Gasteiger partial charge in [-0.2, -0.15) is 0 Å². The number of hydrogen-bond acceptors (Lipinski definition) is 4. The number of fused-ring (bicyclic) bond motifs is 1. The molecule has 17 heavy (non-hydrogen) atoms. The molecule has 3 rings (SSSR count). The van der Waals surface area contributed by atoms with Gasteiger partial charge < -0.3 is 4.42 Å². The lowest BCUT2D eigenvalue weighted by molar-refractivity contribution is 0.525. The van der Waals surface area contributed by atoms with Crippen molar-refractivity contribution in [2.45, 2.75) is 13.3 Å². The first kappa shape index (κ1) is 10.3. The van der Waals surface area contributed by atoms with Crippen LogP contribution in [0.2, 0.25) is 5.15 Å². The summed E-state index contributed by atoms with van der Waals surface area (Å²) in [5.74, 6) is 2.22. The Labute approximate surface area is 102 Å². The molecule has 0 fully saturated rings. The molecule has 6 heteroatoms. The van der Waals surface area contributed by atoms with Gasteiger partial charge in [-0.1, -0.05) is 18.5 Å². The molecule has 0 N–H and O–H groups in total. The number of aryl methyl sites for hydroxylation is 1. The maximum Gasteiger partial charge on any atom is 0.205 e. The van der Waals surface area contributed by atoms with Crippen LogP contribution in [0.4, 0.5) is 0 Å². The van der Waals surface area contributed by atoms with Crippen LogP contribution in [-0.4, -0.2) is 19.6 Å². The summed E-state index contributed by atoms with van der Waals surface area (Å²) in [6, 6.07) is 5.46. The minimum atomic E-state index is 0.394. The maximum absolute atomic E-state index is 5.78. The maximum atomic E-state index is 5.78. The minimum Gasteiger partial charge on any atom is -0.458 e. The van der Waals surface area contributed by atoms with Gasteiger partial charge in [0.2, 0.25) is 5.82 Å². The summed E-state index contributed by atoms with van der Waals surface area (Å²) in [5, 5.41) is 8.49. The van der Waals surface area contributed by atoms with Crippen molar-refractivity contribution in [1.29, 1.82) is 0 Å². The van der Waals surface area contributed by atoms with Gasteiger partial charge in [0.25, 0.3) is 0 Å². The Morgan fingerprint density at radius 3 is 3.00 bits per heavy atom. The third kappa shape index (κ3) is 1.68. The number of hydrogen-bond donors (Lipinski definition) is 0. The largest absolute Gasteiger partial charge is 0.458 e. The van der Waals surface area contributed by atoms with Crippen molar-refractivity contribution in [3.8, 4) is 11.6 Å². The molecule has 0 saturated carbocycles. The molecular weight excluding hydrogens is 240 g/mol. The fraction of sp³-hybridized carbons (Fsp3) is 0.182. The summed E-state index contributed by atoms with van der Waals surface area (Å²) in [6.07, 6.45) is 2.43. The average molecular weight is 249 g/mol. The average Bonchev–Trinajstić information content (AvgIpc) is 2.93. The molecule has 3 heterocycles. The predicted octanol–water partition coefficient (Wildman–Crippen LogP) is 2.60. The van der Waals surface area contributed by atoms with Gasteiger partial charge in [-0.25, -0.2) is 4.98 Å². The second kappa shape index (κ2) is 3.85. The van der Waals surface area contributed by atoms with Crippen molar-refractivity contribution in [2.24, 2.45) is 0 Å². The van der Waals surface area contributed by atoms with Crippen molar-refractivity contribution in [3.63, 3.8) is 0 Å². The number of furan rings is 1. The molecule has 5 nitrogen and oxygen atoms in total. The smallest absolute Gasteiger partial charge is 0.205 e. The highest BCUT2D eigenvalue weighted by Gasteiger charge is 2.12. The van der Waals surface area contributed by atoms with E-state index in [-0.39, 0.29) is 0 Å². The van der Waals surface area contributed by atoms with Crippen molar-refractivity contribution >= 4 is 17.2 Å². The van der Waals surface area contributed by atoms with E-state index in [1.165, 1.54) is 0 Å². The molecule has 0 spiro atoms. The van der Waals surface area contributed by atoms with Crippen LogP contribution in [0.15, 0.2) is 28.9 Å². The van der Waals surface area contributed by atoms with Gasteiger partial charge in [0.1, 0.15) is 17.2 Å². The fourth-order valence-corrected chi connectivity index (χ4v) is 1.77. The van der Waals surface area contributed by atoms with Crippen molar-refractivity contribution < 1.29 is 4.42 Å². The molecule has 0 bridgehead atoms. The predicted molar refractivity (Wildman–Crippen MR) is 62.9 cm³/mol. The van der Waals surface area contributed by atoms with E-state index >= 15 is 0 Å². The van der Waals surface area contributed by atoms with Crippen LogP contribution in [0.3, 0.4) is 0 Å². The first-order chi connectivity index (χ1) is 8.28. The molecule has 0 radical (unpaired) electrons. The van der Waals surface area contributed by atoms with Gasteiger partial charge in [0.15, 0.2) is 11.4 Å². The van der Waals surface area contributed by atoms with E-state index in [0.717, 1.165) is 12.2 Å². The molecule has 0 aromatic carbocycles. The molecule has 0 aliphatic heterocycles. The third-order valence-corrected chi connectivity index (χ3v) is 2.70. The summed E-state index contributed by atoms with van der Waals surface area (Å²) in [7, 11) is 0. The second-order valence-corrected chi connectivity index (χ2v) is 3.97. The number of nitrogens with zero attached hydrogens (tertiary/aromatic N) is 4. The van der Waals surface area contributed by atoms with Gasteiger partial charge in [0, 0.05) is 12.5 Å². The summed E-state index contributed by atoms with van der Waals surface area (Å²) in [5.41, 5.74) is 0.648. The van der Waals surface area contributed by atoms with Crippen LogP contribution in [0.1, 0.15) is 12.7 Å². The standard InChI is InChI=1S/C11H9ClN4O/c1-2-7-3-4-8(17-7)11-15-14-10-5-9(12)13-6-16(10)11/h3-6H,2H2,1H3. The fourth-order valence-electron chi connectivity index (χ4n) is 1.63. The Kier molecular flexibility index (Phi) is 2.33. The van der Waals surface area contributed by atoms with Gasteiger partial charge in [-0.3, -0.25) is 4.40 Å². The zero-order valence-corrected chi connectivity index (χ0v) is 9.85. The van der Waals surface area contributed by atoms with E-state index < -0.39 is 0 Å². The molecule has 0 aliphatic carbocycles. The number of rotatable bonds is 2. The summed E-state index contributed by atoms with van der Waals surface area (Å²) >= 11 is 5.78. The third-order valence-electron chi connectivity index (χ3n) is 2.50. The van der Waals surface area contributed by atoms with Crippen LogP contribution in [-0.2, 0) is 6.42 Å². The second-order valence-electron chi connectivity index (χ2n) is 3.58. The van der Waals surface area contributed by atoms with Crippen LogP contribution in [0.25, 0.3) is 17.2 Å². The minimum absolute atomic E-state index is 0.394. The Bertz CT molecular complexity index is 673. The Hall–Kier alpha value is -1.88. The molecule has 0 amide bonds. The lowest BCUT2D eigenvalue weighted by Gasteiger charge is -1.96. The van der Waals surface area contributed by atoms with Gasteiger partial charge >= 0.3 is 0 Å². The molecule has 0 saturated heterocycles. The monoisotopic (exact) mass is 248 g/mol. The lowest BCUT2D eigenvalue weighted by Crippen LogP contribution is -1.89. The quantitative estimate of drug-likeness (QED) is 0.654. The summed E-state index contributed by atoms with van der Waals surface area (Å²) in [4.78, 5) is 4.00. The number of aromatic nitrogens is 4.